The molecule has 1 heterocycles. The number of rotatable bonds is 4. The Kier molecular flexibility index (Phi) is 4.87. The minimum absolute atomic E-state index is 0.508. The molecule has 2 heteroatoms. The number of methoxy groups -OCH3 is 1. The maximum Gasteiger partial charge on any atom is 0.122 e. The van der Waals surface area contributed by atoms with Gasteiger partial charge in [0, 0.05) is 6.04 Å². The van der Waals surface area contributed by atoms with Crippen LogP contribution in [0.15, 0.2) is 12.1 Å². The Hall–Kier alpha value is -1.02. The van der Waals surface area contributed by atoms with E-state index in [2.05, 4.69) is 38.2 Å². The summed E-state index contributed by atoms with van der Waals surface area (Å²) in [5.41, 5.74) is 4.16. The first-order valence-electron chi connectivity index (χ1n) is 7.52. The lowest BCUT2D eigenvalue weighted by Gasteiger charge is -2.25. The Morgan fingerprint density at radius 3 is 2.68 bits per heavy atom. The summed E-state index contributed by atoms with van der Waals surface area (Å²) in [6.45, 7) is 7.84. The predicted octanol–water partition coefficient (Wildman–Crippen LogP) is 3.81. The molecule has 0 spiro atoms. The van der Waals surface area contributed by atoms with E-state index >= 15 is 0 Å². The first-order chi connectivity index (χ1) is 9.11. The van der Waals surface area contributed by atoms with E-state index < -0.39 is 0 Å². The molecule has 0 aliphatic carbocycles. The van der Waals surface area contributed by atoms with Crippen LogP contribution < -0.4 is 10.1 Å². The molecule has 2 nitrogen and oxygen atoms in total. The average Bonchev–Trinajstić information content (AvgIpc) is 2.41. The summed E-state index contributed by atoms with van der Waals surface area (Å²) >= 11 is 0. The summed E-state index contributed by atoms with van der Waals surface area (Å²) in [6, 6.07) is 5.21. The van der Waals surface area contributed by atoms with E-state index in [0.29, 0.717) is 12.0 Å². The zero-order valence-corrected chi connectivity index (χ0v) is 12.8. The molecule has 1 fully saturated rings. The lowest BCUT2D eigenvalue weighted by molar-refractivity contribution is 0.396. The van der Waals surface area contributed by atoms with Crippen LogP contribution in [0.2, 0.25) is 0 Å². The topological polar surface area (TPSA) is 21.3 Å². The standard InChI is InChI=1S/C17H27NO/c1-12(2)16-11-14(13(3)9-17(16)19-4)10-15-7-5-6-8-18-15/h9,11-12,15,18H,5-8,10H2,1-4H3. The molecule has 1 aromatic rings. The summed E-state index contributed by atoms with van der Waals surface area (Å²) in [7, 11) is 1.77. The molecule has 1 unspecified atom stereocenters. The third-order valence-corrected chi connectivity index (χ3v) is 4.19. The summed E-state index contributed by atoms with van der Waals surface area (Å²) in [5.74, 6) is 1.54. The van der Waals surface area contributed by atoms with Gasteiger partial charge in [-0.05, 0) is 61.4 Å². The number of hydrogen-bond acceptors (Lipinski definition) is 2. The molecular formula is C17H27NO. The molecule has 1 N–H and O–H groups in total. The predicted molar refractivity (Wildman–Crippen MR) is 81.2 cm³/mol. The number of aryl methyl sites for hydroxylation is 1. The van der Waals surface area contributed by atoms with Crippen LogP contribution in [-0.2, 0) is 6.42 Å². The molecule has 1 aromatic carbocycles. The van der Waals surface area contributed by atoms with Gasteiger partial charge in [0.25, 0.3) is 0 Å². The summed E-state index contributed by atoms with van der Waals surface area (Å²) < 4.78 is 5.52. The largest absolute Gasteiger partial charge is 0.496 e. The summed E-state index contributed by atoms with van der Waals surface area (Å²) in [5, 5.41) is 3.64. The van der Waals surface area contributed by atoms with Crippen LogP contribution >= 0.6 is 0 Å². The molecule has 0 saturated carbocycles. The molecule has 2 rings (SSSR count). The quantitative estimate of drug-likeness (QED) is 0.890. The minimum Gasteiger partial charge on any atom is -0.496 e. The fourth-order valence-corrected chi connectivity index (χ4v) is 2.96. The van der Waals surface area contributed by atoms with Crippen LogP contribution in [-0.4, -0.2) is 19.7 Å². The first kappa shape index (κ1) is 14.4. The van der Waals surface area contributed by atoms with E-state index in [1.165, 1.54) is 42.5 Å². The van der Waals surface area contributed by atoms with E-state index in [9.17, 15) is 0 Å². The van der Waals surface area contributed by atoms with Crippen molar-refractivity contribution in [1.29, 1.82) is 0 Å². The molecule has 0 bridgehead atoms. The van der Waals surface area contributed by atoms with Crippen LogP contribution in [0.25, 0.3) is 0 Å². The van der Waals surface area contributed by atoms with Gasteiger partial charge in [0.2, 0.25) is 0 Å². The number of ether oxygens (including phenoxy) is 1. The fourth-order valence-electron chi connectivity index (χ4n) is 2.96. The van der Waals surface area contributed by atoms with Crippen molar-refractivity contribution in [3.63, 3.8) is 0 Å². The molecular weight excluding hydrogens is 234 g/mol. The molecule has 1 aliphatic heterocycles. The van der Waals surface area contributed by atoms with Gasteiger partial charge in [-0.3, -0.25) is 0 Å². The molecule has 0 aromatic heterocycles. The van der Waals surface area contributed by atoms with Crippen molar-refractivity contribution in [2.24, 2.45) is 0 Å². The van der Waals surface area contributed by atoms with E-state index in [1.807, 2.05) is 0 Å². The zero-order chi connectivity index (χ0) is 13.8. The Morgan fingerprint density at radius 2 is 2.11 bits per heavy atom. The fraction of sp³-hybridized carbons (Fsp3) is 0.647. The third kappa shape index (κ3) is 3.50. The second-order valence-electron chi connectivity index (χ2n) is 6.03. The van der Waals surface area contributed by atoms with Gasteiger partial charge in [-0.15, -0.1) is 0 Å². The zero-order valence-electron chi connectivity index (χ0n) is 12.8. The summed E-state index contributed by atoms with van der Waals surface area (Å²) in [4.78, 5) is 0. The van der Waals surface area contributed by atoms with Crippen LogP contribution in [0, 0.1) is 6.92 Å². The second kappa shape index (κ2) is 6.42. The number of benzene rings is 1. The van der Waals surface area contributed by atoms with E-state index in [1.54, 1.807) is 7.11 Å². The van der Waals surface area contributed by atoms with Gasteiger partial charge in [-0.25, -0.2) is 0 Å². The Balaban J connectivity index is 2.21. The van der Waals surface area contributed by atoms with Crippen molar-refractivity contribution in [3.8, 4) is 5.75 Å². The van der Waals surface area contributed by atoms with E-state index in [0.717, 1.165) is 12.2 Å². The van der Waals surface area contributed by atoms with E-state index in [4.69, 9.17) is 4.74 Å². The smallest absolute Gasteiger partial charge is 0.122 e. The third-order valence-electron chi connectivity index (χ3n) is 4.19. The lowest BCUT2D eigenvalue weighted by Crippen LogP contribution is -2.35. The number of hydrogen-bond donors (Lipinski definition) is 1. The molecule has 106 valence electrons. The van der Waals surface area contributed by atoms with Crippen molar-refractivity contribution in [2.45, 2.75) is 58.4 Å². The Bertz CT molecular complexity index is 420. The van der Waals surface area contributed by atoms with Crippen molar-refractivity contribution in [1.82, 2.24) is 5.32 Å². The Labute approximate surface area is 117 Å². The highest BCUT2D eigenvalue weighted by atomic mass is 16.5. The Morgan fingerprint density at radius 1 is 1.32 bits per heavy atom. The number of piperidine rings is 1. The van der Waals surface area contributed by atoms with Gasteiger partial charge >= 0.3 is 0 Å². The van der Waals surface area contributed by atoms with Crippen LogP contribution in [0.3, 0.4) is 0 Å². The van der Waals surface area contributed by atoms with E-state index in [-0.39, 0.29) is 0 Å². The van der Waals surface area contributed by atoms with Crippen molar-refractivity contribution < 1.29 is 4.74 Å². The monoisotopic (exact) mass is 261 g/mol. The van der Waals surface area contributed by atoms with Gasteiger partial charge in [0.05, 0.1) is 7.11 Å². The minimum atomic E-state index is 0.508. The SMILES string of the molecule is COc1cc(C)c(CC2CCCCN2)cc1C(C)C. The van der Waals surface area contributed by atoms with Crippen LogP contribution in [0.5, 0.6) is 5.75 Å². The maximum atomic E-state index is 5.52. The van der Waals surface area contributed by atoms with Crippen molar-refractivity contribution in [3.05, 3.63) is 28.8 Å². The van der Waals surface area contributed by atoms with Gasteiger partial charge in [-0.2, -0.15) is 0 Å². The average molecular weight is 261 g/mol. The first-order valence-corrected chi connectivity index (χ1v) is 7.52. The van der Waals surface area contributed by atoms with Gasteiger partial charge < -0.3 is 10.1 Å². The maximum absolute atomic E-state index is 5.52. The van der Waals surface area contributed by atoms with Crippen LogP contribution in [0.1, 0.15) is 55.7 Å². The molecule has 19 heavy (non-hydrogen) atoms. The highest BCUT2D eigenvalue weighted by molar-refractivity contribution is 5.44. The van der Waals surface area contributed by atoms with Crippen LogP contribution in [0.4, 0.5) is 0 Å². The second-order valence-corrected chi connectivity index (χ2v) is 6.03. The van der Waals surface area contributed by atoms with Gasteiger partial charge in [0.1, 0.15) is 5.75 Å². The lowest BCUT2D eigenvalue weighted by atomic mass is 9.91. The van der Waals surface area contributed by atoms with Crippen molar-refractivity contribution in [2.75, 3.05) is 13.7 Å². The highest BCUT2D eigenvalue weighted by Crippen LogP contribution is 2.30. The molecule has 0 amide bonds. The van der Waals surface area contributed by atoms with Gasteiger partial charge in [0.15, 0.2) is 0 Å². The molecule has 1 aliphatic rings. The molecule has 0 radical (unpaired) electrons. The molecule has 1 saturated heterocycles. The molecule has 1 atom stereocenters. The summed E-state index contributed by atoms with van der Waals surface area (Å²) in [6.07, 6.45) is 5.15. The highest BCUT2D eigenvalue weighted by Gasteiger charge is 2.16. The number of nitrogens with one attached hydrogen (secondary N) is 1. The van der Waals surface area contributed by atoms with Crippen molar-refractivity contribution >= 4 is 0 Å². The van der Waals surface area contributed by atoms with Gasteiger partial charge in [-0.1, -0.05) is 26.3 Å². The normalized spacial score (nSPS) is 19.7.